The molecule has 0 spiro atoms. The summed E-state index contributed by atoms with van der Waals surface area (Å²) in [6, 6.07) is 0. The molecule has 0 aliphatic carbocycles. The van der Waals surface area contributed by atoms with Crippen LogP contribution in [0.2, 0.25) is 0 Å². The lowest BCUT2D eigenvalue weighted by Crippen LogP contribution is -2.23. The number of ether oxygens (including phenoxy) is 1. The lowest BCUT2D eigenvalue weighted by atomic mass is 10.1. The molecule has 0 saturated carbocycles. The van der Waals surface area contributed by atoms with Gasteiger partial charge in [0.1, 0.15) is 6.61 Å². The van der Waals surface area contributed by atoms with Crippen LogP contribution in [0.4, 0.5) is 0 Å². The number of carbonyl (C=O) groups excluding carboxylic acids is 2. The minimum atomic E-state index is -0.329. The molecule has 62 valence electrons. The number of nitrogens with one attached hydrogen (secondary N) is 1. The lowest BCUT2D eigenvalue weighted by molar-refractivity contribution is -0.143. The van der Waals surface area contributed by atoms with Gasteiger partial charge in [-0.2, -0.15) is 0 Å². The summed E-state index contributed by atoms with van der Waals surface area (Å²) in [4.78, 5) is 21.2. The van der Waals surface area contributed by atoms with Gasteiger partial charge in [-0.3, -0.25) is 9.59 Å². The maximum Gasteiger partial charge on any atom is 0.302 e. The van der Waals surface area contributed by atoms with E-state index in [1.54, 1.807) is 0 Å². The van der Waals surface area contributed by atoms with Gasteiger partial charge in [0, 0.05) is 13.5 Å². The highest BCUT2D eigenvalue weighted by atomic mass is 16.5. The molecule has 1 amide bonds. The Morgan fingerprint density at radius 2 is 2.55 bits per heavy atom. The molecule has 1 aliphatic rings. The summed E-state index contributed by atoms with van der Waals surface area (Å²) < 4.78 is 4.70. The van der Waals surface area contributed by atoms with Gasteiger partial charge in [-0.1, -0.05) is 0 Å². The van der Waals surface area contributed by atoms with E-state index in [9.17, 15) is 9.59 Å². The first kappa shape index (κ1) is 8.04. The summed E-state index contributed by atoms with van der Waals surface area (Å²) in [5.74, 6) is -0.463. The number of hydrogen-bond donors (Lipinski definition) is 1. The Bertz CT molecular complexity index is 179. The second-order valence-corrected chi connectivity index (χ2v) is 2.58. The minimum absolute atomic E-state index is 0.00810. The summed E-state index contributed by atoms with van der Waals surface area (Å²) in [5, 5.41) is 2.66. The van der Waals surface area contributed by atoms with Crippen molar-refractivity contribution in [3.8, 4) is 0 Å². The van der Waals surface area contributed by atoms with E-state index in [2.05, 4.69) is 5.32 Å². The van der Waals surface area contributed by atoms with Crippen LogP contribution in [0.1, 0.15) is 13.3 Å². The number of hydrogen-bond acceptors (Lipinski definition) is 3. The van der Waals surface area contributed by atoms with Crippen molar-refractivity contribution in [2.45, 2.75) is 13.3 Å². The third-order valence-electron chi connectivity index (χ3n) is 1.65. The smallest absolute Gasteiger partial charge is 0.302 e. The molecule has 1 unspecified atom stereocenters. The van der Waals surface area contributed by atoms with E-state index in [0.717, 1.165) is 6.42 Å². The van der Waals surface area contributed by atoms with E-state index in [0.29, 0.717) is 6.54 Å². The second kappa shape index (κ2) is 3.37. The Morgan fingerprint density at radius 3 is 3.00 bits per heavy atom. The molecule has 1 N–H and O–H groups in total. The van der Waals surface area contributed by atoms with E-state index >= 15 is 0 Å². The number of amides is 1. The van der Waals surface area contributed by atoms with Crippen LogP contribution in [0.3, 0.4) is 0 Å². The first-order valence-corrected chi connectivity index (χ1v) is 3.61. The summed E-state index contributed by atoms with van der Waals surface area (Å²) in [6.45, 7) is 2.26. The average molecular weight is 157 g/mol. The number of rotatable bonds is 2. The van der Waals surface area contributed by atoms with Crippen LogP contribution in [0, 0.1) is 5.92 Å². The largest absolute Gasteiger partial charge is 0.465 e. The second-order valence-electron chi connectivity index (χ2n) is 2.58. The molecular formula is C7H11NO3. The zero-order chi connectivity index (χ0) is 8.27. The van der Waals surface area contributed by atoms with Crippen LogP contribution in [-0.2, 0) is 14.3 Å². The number of esters is 1. The van der Waals surface area contributed by atoms with Crippen molar-refractivity contribution >= 4 is 11.9 Å². The first-order chi connectivity index (χ1) is 5.20. The van der Waals surface area contributed by atoms with Gasteiger partial charge >= 0.3 is 5.97 Å². The summed E-state index contributed by atoms with van der Waals surface area (Å²) in [6.07, 6.45) is 0.770. The fraction of sp³-hybridized carbons (Fsp3) is 0.714. The molecule has 0 aromatic heterocycles. The van der Waals surface area contributed by atoms with Gasteiger partial charge in [0.15, 0.2) is 0 Å². The van der Waals surface area contributed by atoms with Gasteiger partial charge in [-0.25, -0.2) is 0 Å². The Morgan fingerprint density at radius 1 is 1.82 bits per heavy atom. The standard InChI is InChI=1S/C7H11NO3/c1-5(9)11-4-6-2-3-8-7(6)10/h6H,2-4H2,1H3,(H,8,10). The molecule has 1 saturated heterocycles. The number of carbonyl (C=O) groups is 2. The molecule has 0 aromatic rings. The molecule has 1 atom stereocenters. The van der Waals surface area contributed by atoms with E-state index in [1.807, 2.05) is 0 Å². The normalized spacial score (nSPS) is 23.0. The zero-order valence-electron chi connectivity index (χ0n) is 6.42. The van der Waals surface area contributed by atoms with Gasteiger partial charge in [0.25, 0.3) is 0 Å². The van der Waals surface area contributed by atoms with Crippen molar-refractivity contribution < 1.29 is 14.3 Å². The monoisotopic (exact) mass is 157 g/mol. The molecule has 0 radical (unpaired) electrons. The first-order valence-electron chi connectivity index (χ1n) is 3.61. The summed E-state index contributed by atoms with van der Waals surface area (Å²) in [5.41, 5.74) is 0. The van der Waals surface area contributed by atoms with Gasteiger partial charge in [0.05, 0.1) is 5.92 Å². The van der Waals surface area contributed by atoms with Gasteiger partial charge in [-0.05, 0) is 6.42 Å². The van der Waals surface area contributed by atoms with Crippen LogP contribution in [0.15, 0.2) is 0 Å². The maximum atomic E-state index is 10.9. The predicted octanol–water partition coefficient (Wildman–Crippen LogP) is -0.314. The quantitative estimate of drug-likeness (QED) is 0.559. The fourth-order valence-corrected chi connectivity index (χ4v) is 1.02. The summed E-state index contributed by atoms with van der Waals surface area (Å²) in [7, 11) is 0. The van der Waals surface area contributed by atoms with Crippen LogP contribution < -0.4 is 5.32 Å². The van der Waals surface area contributed by atoms with Crippen molar-refractivity contribution in [2.75, 3.05) is 13.2 Å². The Balaban J connectivity index is 2.26. The Kier molecular flexibility index (Phi) is 2.46. The highest BCUT2D eigenvalue weighted by Crippen LogP contribution is 2.08. The maximum absolute atomic E-state index is 10.9. The van der Waals surface area contributed by atoms with E-state index < -0.39 is 0 Å². The van der Waals surface area contributed by atoms with Crippen LogP contribution in [0.25, 0.3) is 0 Å². The molecule has 0 aromatic carbocycles. The molecule has 1 rings (SSSR count). The zero-order valence-corrected chi connectivity index (χ0v) is 6.42. The topological polar surface area (TPSA) is 55.4 Å². The van der Waals surface area contributed by atoms with Crippen LogP contribution in [0.5, 0.6) is 0 Å². The highest BCUT2D eigenvalue weighted by Gasteiger charge is 2.24. The Labute approximate surface area is 64.9 Å². The molecule has 0 bridgehead atoms. The van der Waals surface area contributed by atoms with E-state index in [-0.39, 0.29) is 24.4 Å². The third kappa shape index (κ3) is 2.22. The minimum Gasteiger partial charge on any atom is -0.465 e. The SMILES string of the molecule is CC(=O)OCC1CCNC1=O. The molecular weight excluding hydrogens is 146 g/mol. The van der Waals surface area contributed by atoms with Crippen molar-refractivity contribution in [2.24, 2.45) is 5.92 Å². The molecule has 11 heavy (non-hydrogen) atoms. The van der Waals surface area contributed by atoms with E-state index in [4.69, 9.17) is 4.74 Å². The molecule has 1 aliphatic heterocycles. The lowest BCUT2D eigenvalue weighted by Gasteiger charge is -2.05. The van der Waals surface area contributed by atoms with Gasteiger partial charge < -0.3 is 10.1 Å². The molecule has 4 nitrogen and oxygen atoms in total. The van der Waals surface area contributed by atoms with Crippen molar-refractivity contribution in [1.82, 2.24) is 5.32 Å². The highest BCUT2D eigenvalue weighted by molar-refractivity contribution is 5.81. The summed E-state index contributed by atoms with van der Waals surface area (Å²) >= 11 is 0. The average Bonchev–Trinajstić information content (AvgIpc) is 2.31. The predicted molar refractivity (Wildman–Crippen MR) is 37.7 cm³/mol. The molecule has 4 heteroatoms. The van der Waals surface area contributed by atoms with Crippen LogP contribution >= 0.6 is 0 Å². The van der Waals surface area contributed by atoms with E-state index in [1.165, 1.54) is 6.92 Å². The molecule has 1 heterocycles. The fourth-order valence-electron chi connectivity index (χ4n) is 1.02. The van der Waals surface area contributed by atoms with Crippen molar-refractivity contribution in [1.29, 1.82) is 0 Å². The van der Waals surface area contributed by atoms with Gasteiger partial charge in [-0.15, -0.1) is 0 Å². The van der Waals surface area contributed by atoms with Crippen LogP contribution in [-0.4, -0.2) is 25.0 Å². The Hall–Kier alpha value is -1.06. The van der Waals surface area contributed by atoms with Crippen molar-refractivity contribution in [3.05, 3.63) is 0 Å². The van der Waals surface area contributed by atoms with Crippen molar-refractivity contribution in [3.63, 3.8) is 0 Å². The van der Waals surface area contributed by atoms with Gasteiger partial charge in [0.2, 0.25) is 5.91 Å². The third-order valence-corrected chi connectivity index (χ3v) is 1.65. The molecule has 1 fully saturated rings.